The molecule has 0 radical (unpaired) electrons. The third kappa shape index (κ3) is 4.46. The lowest BCUT2D eigenvalue weighted by Crippen LogP contribution is -2.41. The lowest BCUT2D eigenvalue weighted by molar-refractivity contribution is -0.118. The fourth-order valence-corrected chi connectivity index (χ4v) is 2.31. The zero-order valence-corrected chi connectivity index (χ0v) is 15.3. The van der Waals surface area contributed by atoms with E-state index in [1.807, 2.05) is 27.7 Å². The Morgan fingerprint density at radius 1 is 1.24 bits per heavy atom. The van der Waals surface area contributed by atoms with Gasteiger partial charge in [-0.3, -0.25) is 14.6 Å². The molecule has 2 heterocycles. The van der Waals surface area contributed by atoms with Gasteiger partial charge in [0.05, 0.1) is 16.8 Å². The highest BCUT2D eigenvalue weighted by molar-refractivity contribution is 6.56. The van der Waals surface area contributed by atoms with Gasteiger partial charge in [-0.1, -0.05) is 6.08 Å². The van der Waals surface area contributed by atoms with Crippen LogP contribution in [0, 0.1) is 0 Å². The Kier molecular flexibility index (Phi) is 5.34. The van der Waals surface area contributed by atoms with Gasteiger partial charge < -0.3 is 20.4 Å². The van der Waals surface area contributed by atoms with Gasteiger partial charge >= 0.3 is 7.12 Å². The summed E-state index contributed by atoms with van der Waals surface area (Å²) in [7, 11) is -0.617. The summed E-state index contributed by atoms with van der Waals surface area (Å²) in [5.74, 6) is -0.715. The van der Waals surface area contributed by atoms with Crippen LogP contribution in [0.15, 0.2) is 23.9 Å². The molecule has 2 rings (SSSR count). The average molecular weight is 345 g/mol. The first-order valence-electron chi connectivity index (χ1n) is 8.07. The first-order chi connectivity index (χ1) is 11.5. The minimum Gasteiger partial charge on any atom is -0.400 e. The van der Waals surface area contributed by atoms with Crippen LogP contribution in [0.2, 0.25) is 0 Å². The van der Waals surface area contributed by atoms with E-state index in [0.29, 0.717) is 11.1 Å². The SMILES string of the molecule is CC(=O)NCC(=Cc1cncc(C(N)=O)c1)B1OC(C)(C)C(C)(C)O1. The van der Waals surface area contributed by atoms with Crippen molar-refractivity contribution in [3.8, 4) is 0 Å². The van der Waals surface area contributed by atoms with E-state index in [0.717, 1.165) is 5.47 Å². The standard InChI is InChI=1S/C17H24BN3O4/c1-11(22)21-10-14(18-24-16(2,3)17(4,5)25-18)7-12-6-13(15(19)23)9-20-8-12/h6-9H,10H2,1-5H3,(H2,19,23)(H,21,22). The lowest BCUT2D eigenvalue weighted by atomic mass is 9.77. The molecule has 134 valence electrons. The summed E-state index contributed by atoms with van der Waals surface area (Å²) in [5.41, 5.74) is 6.00. The Bertz CT molecular complexity index is 700. The van der Waals surface area contributed by atoms with Gasteiger partial charge in [0.15, 0.2) is 0 Å². The summed E-state index contributed by atoms with van der Waals surface area (Å²) < 4.78 is 12.1. The molecular formula is C17H24BN3O4. The Labute approximate surface area is 148 Å². The fraction of sp³-hybridized carbons (Fsp3) is 0.471. The molecule has 1 aromatic heterocycles. The summed E-state index contributed by atoms with van der Waals surface area (Å²) in [6.45, 7) is 9.53. The first-order valence-corrected chi connectivity index (χ1v) is 8.07. The van der Waals surface area contributed by atoms with Crippen LogP contribution < -0.4 is 11.1 Å². The third-order valence-corrected chi connectivity index (χ3v) is 4.49. The molecule has 2 amide bonds. The van der Waals surface area contributed by atoms with E-state index in [2.05, 4.69) is 10.3 Å². The molecule has 1 fully saturated rings. The molecule has 1 aliphatic heterocycles. The van der Waals surface area contributed by atoms with Crippen molar-refractivity contribution in [2.24, 2.45) is 5.73 Å². The molecule has 1 aliphatic rings. The van der Waals surface area contributed by atoms with Crippen molar-refractivity contribution in [1.82, 2.24) is 10.3 Å². The maximum atomic E-state index is 11.3. The van der Waals surface area contributed by atoms with Gasteiger partial charge in [0.2, 0.25) is 11.8 Å². The summed E-state index contributed by atoms with van der Waals surface area (Å²) in [4.78, 5) is 26.7. The van der Waals surface area contributed by atoms with Crippen molar-refractivity contribution < 1.29 is 18.9 Å². The van der Waals surface area contributed by atoms with Crippen molar-refractivity contribution in [2.45, 2.75) is 45.8 Å². The van der Waals surface area contributed by atoms with E-state index in [4.69, 9.17) is 15.0 Å². The van der Waals surface area contributed by atoms with Gasteiger partial charge in [-0.15, -0.1) is 0 Å². The average Bonchev–Trinajstić information content (AvgIpc) is 2.71. The van der Waals surface area contributed by atoms with Crippen LogP contribution >= 0.6 is 0 Å². The molecule has 25 heavy (non-hydrogen) atoms. The zero-order valence-electron chi connectivity index (χ0n) is 15.3. The zero-order chi connectivity index (χ0) is 18.8. The second-order valence-electron chi connectivity index (χ2n) is 7.09. The Morgan fingerprint density at radius 2 is 1.84 bits per heavy atom. The highest BCUT2D eigenvalue weighted by Crippen LogP contribution is 2.38. The van der Waals surface area contributed by atoms with Gasteiger partial charge in [-0.2, -0.15) is 0 Å². The number of aromatic nitrogens is 1. The maximum Gasteiger partial charge on any atom is 0.492 e. The number of hydrogen-bond donors (Lipinski definition) is 2. The number of pyridine rings is 1. The molecule has 0 atom stereocenters. The second kappa shape index (κ2) is 6.97. The number of rotatable bonds is 5. The largest absolute Gasteiger partial charge is 0.492 e. The van der Waals surface area contributed by atoms with E-state index in [9.17, 15) is 9.59 Å². The topological polar surface area (TPSA) is 104 Å². The molecule has 3 N–H and O–H groups in total. The Hall–Kier alpha value is -2.19. The summed E-state index contributed by atoms with van der Waals surface area (Å²) in [6, 6.07) is 1.63. The number of nitrogens with zero attached hydrogens (tertiary/aromatic N) is 1. The van der Waals surface area contributed by atoms with Crippen LogP contribution in [0.1, 0.15) is 50.5 Å². The second-order valence-corrected chi connectivity index (χ2v) is 7.09. The number of nitrogens with two attached hydrogens (primary N) is 1. The molecular weight excluding hydrogens is 321 g/mol. The van der Waals surface area contributed by atoms with Crippen LogP contribution in [-0.2, 0) is 14.1 Å². The van der Waals surface area contributed by atoms with Crippen molar-refractivity contribution in [1.29, 1.82) is 0 Å². The van der Waals surface area contributed by atoms with Gasteiger partial charge in [-0.25, -0.2) is 0 Å². The molecule has 0 spiro atoms. The van der Waals surface area contributed by atoms with E-state index < -0.39 is 24.2 Å². The van der Waals surface area contributed by atoms with Gasteiger partial charge in [0.1, 0.15) is 0 Å². The van der Waals surface area contributed by atoms with Crippen molar-refractivity contribution >= 4 is 25.0 Å². The van der Waals surface area contributed by atoms with Crippen molar-refractivity contribution in [3.63, 3.8) is 0 Å². The smallest absolute Gasteiger partial charge is 0.400 e. The minimum absolute atomic E-state index is 0.161. The monoisotopic (exact) mass is 345 g/mol. The Balaban J connectivity index is 2.35. The number of hydrogen-bond acceptors (Lipinski definition) is 5. The number of carbonyl (C=O) groups is 2. The third-order valence-electron chi connectivity index (χ3n) is 4.49. The van der Waals surface area contributed by atoms with Crippen molar-refractivity contribution in [2.75, 3.05) is 6.54 Å². The minimum atomic E-state index is -0.617. The van der Waals surface area contributed by atoms with Crippen LogP contribution in [-0.4, -0.2) is 41.7 Å². The fourth-order valence-electron chi connectivity index (χ4n) is 2.31. The summed E-state index contributed by atoms with van der Waals surface area (Å²) >= 11 is 0. The Morgan fingerprint density at radius 3 is 2.36 bits per heavy atom. The van der Waals surface area contributed by atoms with E-state index in [1.165, 1.54) is 13.1 Å². The van der Waals surface area contributed by atoms with Crippen LogP contribution in [0.3, 0.4) is 0 Å². The highest BCUT2D eigenvalue weighted by Gasteiger charge is 2.52. The molecule has 1 saturated heterocycles. The molecule has 0 unspecified atom stereocenters. The molecule has 0 aliphatic carbocycles. The van der Waals surface area contributed by atoms with Gasteiger partial charge in [0.25, 0.3) is 0 Å². The van der Waals surface area contributed by atoms with Gasteiger partial charge in [0, 0.05) is 25.9 Å². The molecule has 0 bridgehead atoms. The summed E-state index contributed by atoms with van der Waals surface area (Å²) in [5, 5.41) is 2.76. The van der Waals surface area contributed by atoms with E-state index >= 15 is 0 Å². The van der Waals surface area contributed by atoms with Crippen molar-refractivity contribution in [3.05, 3.63) is 35.1 Å². The maximum absolute atomic E-state index is 11.3. The quantitative estimate of drug-likeness (QED) is 0.784. The molecule has 8 heteroatoms. The first kappa shape index (κ1) is 19.1. The van der Waals surface area contributed by atoms with E-state index in [-0.39, 0.29) is 12.5 Å². The van der Waals surface area contributed by atoms with Gasteiger partial charge in [-0.05, 0) is 44.8 Å². The highest BCUT2D eigenvalue weighted by atomic mass is 16.7. The molecule has 0 saturated carbocycles. The van der Waals surface area contributed by atoms with Crippen LogP contribution in [0.5, 0.6) is 0 Å². The number of carbonyl (C=O) groups excluding carboxylic acids is 2. The van der Waals surface area contributed by atoms with Crippen LogP contribution in [0.25, 0.3) is 6.08 Å². The normalized spacial score (nSPS) is 18.9. The number of nitrogens with one attached hydrogen (secondary N) is 1. The predicted molar refractivity (Wildman–Crippen MR) is 95.5 cm³/mol. The molecule has 1 aromatic rings. The molecule has 0 aromatic carbocycles. The molecule has 7 nitrogen and oxygen atoms in total. The summed E-state index contributed by atoms with van der Waals surface area (Å²) in [6.07, 6.45) is 4.80. The van der Waals surface area contributed by atoms with E-state index in [1.54, 1.807) is 18.3 Å². The van der Waals surface area contributed by atoms with Crippen LogP contribution in [0.4, 0.5) is 0 Å². The number of amides is 2. The predicted octanol–water partition coefficient (Wildman–Crippen LogP) is 1.33. The lowest BCUT2D eigenvalue weighted by Gasteiger charge is -2.32. The number of primary amides is 1.